The van der Waals surface area contributed by atoms with Gasteiger partial charge < -0.3 is 5.73 Å². The van der Waals surface area contributed by atoms with Gasteiger partial charge in [0.25, 0.3) is 0 Å². The van der Waals surface area contributed by atoms with Gasteiger partial charge in [-0.3, -0.25) is 0 Å². The minimum atomic E-state index is -0.384. The van der Waals surface area contributed by atoms with E-state index in [2.05, 4.69) is 6.92 Å². The van der Waals surface area contributed by atoms with Gasteiger partial charge in [-0.15, -0.1) is 0 Å². The van der Waals surface area contributed by atoms with Crippen LogP contribution in [0.1, 0.15) is 57.1 Å². The SMILES string of the molecule is CCCCCCCC(N)c1ccc(Cl)c(F)c1. The summed E-state index contributed by atoms with van der Waals surface area (Å²) < 4.78 is 13.2. The van der Waals surface area contributed by atoms with Crippen molar-refractivity contribution in [3.63, 3.8) is 0 Å². The topological polar surface area (TPSA) is 26.0 Å². The van der Waals surface area contributed by atoms with Gasteiger partial charge in [0, 0.05) is 6.04 Å². The van der Waals surface area contributed by atoms with Gasteiger partial charge in [-0.25, -0.2) is 4.39 Å². The maximum Gasteiger partial charge on any atom is 0.142 e. The van der Waals surface area contributed by atoms with Crippen LogP contribution in [0.4, 0.5) is 4.39 Å². The molecule has 2 N–H and O–H groups in total. The third-order valence-electron chi connectivity index (χ3n) is 2.99. The quantitative estimate of drug-likeness (QED) is 0.695. The molecule has 3 heteroatoms. The van der Waals surface area contributed by atoms with Gasteiger partial charge in [0.1, 0.15) is 5.82 Å². The summed E-state index contributed by atoms with van der Waals surface area (Å²) in [6.07, 6.45) is 7.01. The summed E-state index contributed by atoms with van der Waals surface area (Å²) in [6, 6.07) is 4.74. The molecule has 0 aliphatic rings. The van der Waals surface area contributed by atoms with E-state index in [1.54, 1.807) is 6.07 Å². The average molecular weight is 258 g/mol. The summed E-state index contributed by atoms with van der Waals surface area (Å²) in [7, 11) is 0. The summed E-state index contributed by atoms with van der Waals surface area (Å²) in [5, 5.41) is 0.156. The fourth-order valence-corrected chi connectivity index (χ4v) is 2.00. The van der Waals surface area contributed by atoms with E-state index >= 15 is 0 Å². The molecule has 0 fully saturated rings. The molecule has 1 nitrogen and oxygen atoms in total. The van der Waals surface area contributed by atoms with E-state index in [1.165, 1.54) is 31.7 Å². The van der Waals surface area contributed by atoms with E-state index < -0.39 is 0 Å². The van der Waals surface area contributed by atoms with Crippen LogP contribution in [-0.4, -0.2) is 0 Å². The van der Waals surface area contributed by atoms with Crippen LogP contribution in [0.2, 0.25) is 5.02 Å². The van der Waals surface area contributed by atoms with Gasteiger partial charge in [0.2, 0.25) is 0 Å². The lowest BCUT2D eigenvalue weighted by Crippen LogP contribution is -2.10. The standard InChI is InChI=1S/C14H21ClFN/c1-2-3-4-5-6-7-14(17)11-8-9-12(15)13(16)10-11/h8-10,14H,2-7,17H2,1H3. The molecule has 0 bridgehead atoms. The van der Waals surface area contributed by atoms with Crippen LogP contribution < -0.4 is 5.73 Å². The molecule has 0 saturated carbocycles. The first-order valence-electron chi connectivity index (χ1n) is 6.35. The molecule has 0 aromatic heterocycles. The summed E-state index contributed by atoms with van der Waals surface area (Å²) >= 11 is 5.63. The van der Waals surface area contributed by atoms with Crippen LogP contribution in [0.15, 0.2) is 18.2 Å². The molecular weight excluding hydrogens is 237 g/mol. The molecule has 0 heterocycles. The Labute approximate surface area is 108 Å². The van der Waals surface area contributed by atoms with E-state index in [4.69, 9.17) is 17.3 Å². The Morgan fingerprint density at radius 1 is 1.24 bits per heavy atom. The minimum Gasteiger partial charge on any atom is -0.324 e. The summed E-state index contributed by atoms with van der Waals surface area (Å²) in [4.78, 5) is 0. The third-order valence-corrected chi connectivity index (χ3v) is 3.30. The van der Waals surface area contributed by atoms with Gasteiger partial charge in [-0.2, -0.15) is 0 Å². The highest BCUT2D eigenvalue weighted by molar-refractivity contribution is 6.30. The molecular formula is C14H21ClFN. The molecule has 0 amide bonds. The average Bonchev–Trinajstić information content (AvgIpc) is 2.32. The summed E-state index contributed by atoms with van der Waals surface area (Å²) in [5.41, 5.74) is 6.85. The first-order chi connectivity index (χ1) is 8.15. The Balaban J connectivity index is 2.36. The molecule has 0 saturated heterocycles. The molecule has 0 radical (unpaired) electrons. The van der Waals surface area contributed by atoms with Gasteiger partial charge in [0.15, 0.2) is 0 Å². The Hall–Kier alpha value is -0.600. The number of hydrogen-bond acceptors (Lipinski definition) is 1. The number of benzene rings is 1. The molecule has 1 aromatic carbocycles. The number of nitrogens with two attached hydrogens (primary N) is 1. The molecule has 0 aliphatic carbocycles. The minimum absolute atomic E-state index is 0.0802. The van der Waals surface area contributed by atoms with E-state index in [-0.39, 0.29) is 16.9 Å². The van der Waals surface area contributed by atoms with Crippen molar-refractivity contribution < 1.29 is 4.39 Å². The highest BCUT2D eigenvalue weighted by Gasteiger charge is 2.08. The van der Waals surface area contributed by atoms with Crippen molar-refractivity contribution in [1.82, 2.24) is 0 Å². The molecule has 96 valence electrons. The number of rotatable bonds is 7. The molecule has 1 atom stereocenters. The number of hydrogen-bond donors (Lipinski definition) is 1. The number of halogens is 2. The van der Waals surface area contributed by atoms with Crippen molar-refractivity contribution in [2.75, 3.05) is 0 Å². The lowest BCUT2D eigenvalue weighted by molar-refractivity contribution is 0.551. The monoisotopic (exact) mass is 257 g/mol. The molecule has 0 aliphatic heterocycles. The highest BCUT2D eigenvalue weighted by atomic mass is 35.5. The number of unbranched alkanes of at least 4 members (excludes halogenated alkanes) is 4. The molecule has 1 unspecified atom stereocenters. The molecule has 17 heavy (non-hydrogen) atoms. The van der Waals surface area contributed by atoms with Crippen molar-refractivity contribution in [2.45, 2.75) is 51.5 Å². The predicted molar refractivity (Wildman–Crippen MR) is 71.7 cm³/mol. The molecule has 1 aromatic rings. The largest absolute Gasteiger partial charge is 0.324 e. The van der Waals surface area contributed by atoms with E-state index in [0.29, 0.717) is 0 Å². The first-order valence-corrected chi connectivity index (χ1v) is 6.73. The summed E-state index contributed by atoms with van der Waals surface area (Å²) in [6.45, 7) is 2.20. The second-order valence-corrected chi connectivity index (χ2v) is 4.89. The van der Waals surface area contributed by atoms with E-state index in [9.17, 15) is 4.39 Å². The third kappa shape index (κ3) is 5.05. The van der Waals surface area contributed by atoms with E-state index in [0.717, 1.165) is 18.4 Å². The Morgan fingerprint density at radius 3 is 2.59 bits per heavy atom. The zero-order valence-corrected chi connectivity index (χ0v) is 11.1. The lowest BCUT2D eigenvalue weighted by atomic mass is 10.0. The molecule has 1 rings (SSSR count). The maximum atomic E-state index is 13.2. The smallest absolute Gasteiger partial charge is 0.142 e. The van der Waals surface area contributed by atoms with Crippen LogP contribution in [0.5, 0.6) is 0 Å². The second kappa shape index (κ2) is 7.67. The van der Waals surface area contributed by atoms with Gasteiger partial charge in [0.05, 0.1) is 5.02 Å². The fraction of sp³-hybridized carbons (Fsp3) is 0.571. The van der Waals surface area contributed by atoms with Crippen molar-refractivity contribution in [2.24, 2.45) is 5.73 Å². The first kappa shape index (κ1) is 14.5. The van der Waals surface area contributed by atoms with Crippen molar-refractivity contribution in [3.05, 3.63) is 34.6 Å². The van der Waals surface area contributed by atoms with Crippen molar-refractivity contribution in [1.29, 1.82) is 0 Å². The Morgan fingerprint density at radius 2 is 1.94 bits per heavy atom. The highest BCUT2D eigenvalue weighted by Crippen LogP contribution is 2.22. The van der Waals surface area contributed by atoms with Crippen LogP contribution in [0.25, 0.3) is 0 Å². The zero-order valence-electron chi connectivity index (χ0n) is 10.4. The zero-order chi connectivity index (χ0) is 12.7. The lowest BCUT2D eigenvalue weighted by Gasteiger charge is -2.12. The molecule has 0 spiro atoms. The predicted octanol–water partition coefficient (Wildman–Crippen LogP) is 4.84. The van der Waals surface area contributed by atoms with Gasteiger partial charge in [-0.1, -0.05) is 56.7 Å². The van der Waals surface area contributed by atoms with Crippen LogP contribution >= 0.6 is 11.6 Å². The van der Waals surface area contributed by atoms with Crippen molar-refractivity contribution in [3.8, 4) is 0 Å². The fourth-order valence-electron chi connectivity index (χ4n) is 1.88. The summed E-state index contributed by atoms with van der Waals surface area (Å²) in [5.74, 6) is -0.384. The normalized spacial score (nSPS) is 12.7. The second-order valence-electron chi connectivity index (χ2n) is 4.48. The van der Waals surface area contributed by atoms with Gasteiger partial charge >= 0.3 is 0 Å². The van der Waals surface area contributed by atoms with Gasteiger partial charge in [-0.05, 0) is 24.1 Å². The van der Waals surface area contributed by atoms with Crippen molar-refractivity contribution >= 4 is 11.6 Å². The van der Waals surface area contributed by atoms with Crippen LogP contribution in [0.3, 0.4) is 0 Å². The van der Waals surface area contributed by atoms with Crippen LogP contribution in [0, 0.1) is 5.82 Å². The Kier molecular flexibility index (Phi) is 6.53. The van der Waals surface area contributed by atoms with E-state index in [1.807, 2.05) is 6.07 Å². The Bertz CT molecular complexity index is 341. The van der Waals surface area contributed by atoms with Crippen LogP contribution in [-0.2, 0) is 0 Å². The maximum absolute atomic E-state index is 13.2.